The van der Waals surface area contributed by atoms with Gasteiger partial charge in [-0.3, -0.25) is 0 Å². The molecule has 2 rings (SSSR count). The van der Waals surface area contributed by atoms with Crippen LogP contribution in [0.3, 0.4) is 0 Å². The number of phenolic OH excluding ortho intramolecular Hbond substituents is 1. The van der Waals surface area contributed by atoms with Gasteiger partial charge >= 0.3 is 0 Å². The van der Waals surface area contributed by atoms with Crippen LogP contribution in [0.2, 0.25) is 5.02 Å². The summed E-state index contributed by atoms with van der Waals surface area (Å²) in [7, 11) is 1.60. The van der Waals surface area contributed by atoms with Crippen molar-refractivity contribution < 1.29 is 20.1 Å². The lowest BCUT2D eigenvalue weighted by atomic mass is 10.0. The number of halogens is 1. The molecular formula is C21H23ClO4. The highest BCUT2D eigenvalue weighted by Gasteiger charge is 2.11. The summed E-state index contributed by atoms with van der Waals surface area (Å²) in [5.74, 6) is 0.805. The molecule has 5 heteroatoms. The standard InChI is InChI=1S/C21H23ClO4/c1-14(12-21(25)15-6-9-17(26-2)10-7-15)4-3-5-20(24)18-11-8-16(23)13-19(18)22/h3,6-11,13,20-21,23-25H,5,12H2,1-2H3/t4?,20-,21-/m1/s1. The van der Waals surface area contributed by atoms with Crippen molar-refractivity contribution in [1.29, 1.82) is 0 Å². The summed E-state index contributed by atoms with van der Waals surface area (Å²) in [4.78, 5) is 0. The van der Waals surface area contributed by atoms with Crippen molar-refractivity contribution in [3.8, 4) is 11.5 Å². The number of hydrogen-bond acceptors (Lipinski definition) is 4. The lowest BCUT2D eigenvalue weighted by Gasteiger charge is -2.11. The van der Waals surface area contributed by atoms with Crippen LogP contribution in [0.15, 0.2) is 59.8 Å². The average molecular weight is 375 g/mol. The van der Waals surface area contributed by atoms with Crippen LogP contribution in [0.25, 0.3) is 0 Å². The van der Waals surface area contributed by atoms with E-state index >= 15 is 0 Å². The lowest BCUT2D eigenvalue weighted by Crippen LogP contribution is -1.98. The van der Waals surface area contributed by atoms with Gasteiger partial charge in [0.05, 0.1) is 24.3 Å². The van der Waals surface area contributed by atoms with Gasteiger partial charge in [-0.2, -0.15) is 0 Å². The van der Waals surface area contributed by atoms with E-state index in [1.165, 1.54) is 12.1 Å². The van der Waals surface area contributed by atoms with Gasteiger partial charge in [0, 0.05) is 12.8 Å². The molecule has 0 spiro atoms. The van der Waals surface area contributed by atoms with Gasteiger partial charge in [0.25, 0.3) is 0 Å². The third-order valence-corrected chi connectivity index (χ3v) is 4.36. The van der Waals surface area contributed by atoms with Crippen molar-refractivity contribution in [3.63, 3.8) is 0 Å². The van der Waals surface area contributed by atoms with Crippen molar-refractivity contribution in [2.24, 2.45) is 0 Å². The maximum atomic E-state index is 10.3. The molecule has 0 fully saturated rings. The van der Waals surface area contributed by atoms with Gasteiger partial charge in [-0.15, -0.1) is 5.73 Å². The second-order valence-electron chi connectivity index (χ2n) is 6.08. The van der Waals surface area contributed by atoms with Gasteiger partial charge in [0.1, 0.15) is 11.5 Å². The number of aliphatic hydroxyl groups is 2. The zero-order valence-corrected chi connectivity index (χ0v) is 15.6. The highest BCUT2D eigenvalue weighted by atomic mass is 35.5. The zero-order valence-electron chi connectivity index (χ0n) is 14.8. The lowest BCUT2D eigenvalue weighted by molar-refractivity contribution is 0.178. The fourth-order valence-corrected chi connectivity index (χ4v) is 2.85. The molecular weight excluding hydrogens is 352 g/mol. The number of methoxy groups -OCH3 is 1. The molecule has 26 heavy (non-hydrogen) atoms. The molecule has 0 aliphatic carbocycles. The molecule has 0 unspecified atom stereocenters. The van der Waals surface area contributed by atoms with Crippen molar-refractivity contribution in [2.75, 3.05) is 7.11 Å². The first-order chi connectivity index (χ1) is 12.4. The predicted octanol–water partition coefficient (Wildman–Crippen LogP) is 4.70. The quantitative estimate of drug-likeness (QED) is 0.614. The van der Waals surface area contributed by atoms with Crippen LogP contribution >= 0.6 is 11.6 Å². The SMILES string of the molecule is COc1ccc([C@H](O)CC(C)=C=CC[C@@H](O)c2ccc(O)cc2Cl)cc1. The fourth-order valence-electron chi connectivity index (χ4n) is 2.55. The van der Waals surface area contributed by atoms with Crippen LogP contribution < -0.4 is 4.74 Å². The second-order valence-corrected chi connectivity index (χ2v) is 6.49. The van der Waals surface area contributed by atoms with Gasteiger partial charge < -0.3 is 20.1 Å². The highest BCUT2D eigenvalue weighted by molar-refractivity contribution is 6.31. The van der Waals surface area contributed by atoms with Crippen LogP contribution in [-0.4, -0.2) is 22.4 Å². The van der Waals surface area contributed by atoms with Crippen molar-refractivity contribution in [3.05, 3.63) is 76.0 Å². The number of rotatable bonds is 7. The molecule has 0 saturated carbocycles. The number of aliphatic hydroxyl groups excluding tert-OH is 2. The third kappa shape index (κ3) is 5.65. The minimum absolute atomic E-state index is 0.0600. The molecule has 0 amide bonds. The van der Waals surface area contributed by atoms with Crippen molar-refractivity contribution >= 4 is 11.6 Å². The van der Waals surface area contributed by atoms with Gasteiger partial charge in [-0.1, -0.05) is 29.8 Å². The van der Waals surface area contributed by atoms with Crippen molar-refractivity contribution in [1.82, 2.24) is 0 Å². The molecule has 2 aromatic carbocycles. The monoisotopic (exact) mass is 374 g/mol. The molecule has 2 aromatic rings. The molecule has 0 aliphatic heterocycles. The molecule has 4 nitrogen and oxygen atoms in total. The smallest absolute Gasteiger partial charge is 0.118 e. The van der Waals surface area contributed by atoms with E-state index in [9.17, 15) is 15.3 Å². The summed E-state index contributed by atoms with van der Waals surface area (Å²) >= 11 is 6.02. The van der Waals surface area contributed by atoms with E-state index < -0.39 is 12.2 Å². The van der Waals surface area contributed by atoms with Gasteiger partial charge in [0.15, 0.2) is 0 Å². The largest absolute Gasteiger partial charge is 0.508 e. The zero-order chi connectivity index (χ0) is 19.1. The van der Waals surface area contributed by atoms with Crippen LogP contribution in [0.1, 0.15) is 43.1 Å². The topological polar surface area (TPSA) is 69.9 Å². The first kappa shape index (κ1) is 20.1. The molecule has 138 valence electrons. The Labute approximate surface area is 158 Å². The summed E-state index contributed by atoms with van der Waals surface area (Å²) in [6.45, 7) is 1.88. The number of phenols is 1. The van der Waals surface area contributed by atoms with E-state index in [0.29, 0.717) is 23.4 Å². The van der Waals surface area contributed by atoms with E-state index in [0.717, 1.165) is 16.9 Å². The Hall–Kier alpha value is -2.23. The Morgan fingerprint density at radius 1 is 1.15 bits per heavy atom. The first-order valence-corrected chi connectivity index (χ1v) is 8.67. The Morgan fingerprint density at radius 3 is 2.46 bits per heavy atom. The molecule has 0 aromatic heterocycles. The predicted molar refractivity (Wildman–Crippen MR) is 103 cm³/mol. The Morgan fingerprint density at radius 2 is 1.85 bits per heavy atom. The van der Waals surface area contributed by atoms with E-state index in [2.05, 4.69) is 5.73 Å². The van der Waals surface area contributed by atoms with Crippen LogP contribution in [0.5, 0.6) is 11.5 Å². The van der Waals surface area contributed by atoms with Gasteiger partial charge in [-0.05, 0) is 54.0 Å². The summed E-state index contributed by atoms with van der Waals surface area (Å²) in [6, 6.07) is 11.8. The molecule has 0 bridgehead atoms. The number of ether oxygens (including phenoxy) is 1. The Balaban J connectivity index is 1.96. The number of aromatic hydroxyl groups is 1. The summed E-state index contributed by atoms with van der Waals surface area (Å²) < 4.78 is 5.11. The molecule has 3 N–H and O–H groups in total. The summed E-state index contributed by atoms with van der Waals surface area (Å²) in [5, 5.41) is 30.2. The van der Waals surface area contributed by atoms with Crippen LogP contribution in [0.4, 0.5) is 0 Å². The maximum absolute atomic E-state index is 10.3. The first-order valence-electron chi connectivity index (χ1n) is 8.30. The number of hydrogen-bond donors (Lipinski definition) is 3. The summed E-state index contributed by atoms with van der Waals surface area (Å²) in [6.07, 6.45) is 1.09. The molecule has 0 saturated heterocycles. The average Bonchev–Trinajstić information content (AvgIpc) is 2.61. The van der Waals surface area contributed by atoms with E-state index in [4.69, 9.17) is 16.3 Å². The normalized spacial score (nSPS) is 12.8. The summed E-state index contributed by atoms with van der Waals surface area (Å²) in [5.41, 5.74) is 5.33. The van der Waals surface area contributed by atoms with E-state index in [1.807, 2.05) is 31.2 Å². The van der Waals surface area contributed by atoms with Gasteiger partial charge in [0.2, 0.25) is 0 Å². The van der Waals surface area contributed by atoms with Crippen molar-refractivity contribution in [2.45, 2.75) is 32.0 Å². The highest BCUT2D eigenvalue weighted by Crippen LogP contribution is 2.28. The minimum atomic E-state index is -0.782. The van der Waals surface area contributed by atoms with E-state index in [1.54, 1.807) is 19.3 Å². The van der Waals surface area contributed by atoms with Gasteiger partial charge in [-0.25, -0.2) is 0 Å². The van der Waals surface area contributed by atoms with E-state index in [-0.39, 0.29) is 5.75 Å². The maximum Gasteiger partial charge on any atom is 0.118 e. The van der Waals surface area contributed by atoms with Crippen LogP contribution in [-0.2, 0) is 0 Å². The molecule has 0 heterocycles. The second kappa shape index (κ2) is 9.46. The minimum Gasteiger partial charge on any atom is -0.508 e. The molecule has 0 aliphatic rings. The molecule has 0 radical (unpaired) electrons. The Kier molecular flexibility index (Phi) is 7.31. The fraction of sp³-hybridized carbons (Fsp3) is 0.286. The Bertz CT molecular complexity index is 792. The molecule has 2 atom stereocenters. The number of benzene rings is 2. The third-order valence-electron chi connectivity index (χ3n) is 4.03. The van der Waals surface area contributed by atoms with Crippen LogP contribution in [0, 0.1) is 0 Å².